The van der Waals surface area contributed by atoms with Crippen LogP contribution in [-0.4, -0.2) is 32.7 Å². The molecule has 6 nitrogen and oxygen atoms in total. The van der Waals surface area contributed by atoms with Gasteiger partial charge in [-0.3, -0.25) is 4.79 Å². The van der Waals surface area contributed by atoms with Gasteiger partial charge in [-0.15, -0.1) is 0 Å². The van der Waals surface area contributed by atoms with Crippen LogP contribution in [0.2, 0.25) is 0 Å². The lowest BCUT2D eigenvalue weighted by Gasteiger charge is -2.31. The van der Waals surface area contributed by atoms with Crippen LogP contribution in [0.25, 0.3) is 0 Å². The van der Waals surface area contributed by atoms with Gasteiger partial charge < -0.3 is 14.6 Å². The maximum absolute atomic E-state index is 12.4. The first-order chi connectivity index (χ1) is 9.04. The first kappa shape index (κ1) is 12.2. The Bertz CT molecular complexity index is 579. The number of anilines is 1. The fourth-order valence-corrected chi connectivity index (χ4v) is 2.76. The summed E-state index contributed by atoms with van der Waals surface area (Å²) in [5, 5.41) is 9.41. The third kappa shape index (κ3) is 1.82. The molecule has 1 N–H and O–H groups in total. The molecule has 1 aliphatic heterocycles. The first-order valence-corrected chi connectivity index (χ1v) is 6.62. The van der Waals surface area contributed by atoms with E-state index in [9.17, 15) is 14.7 Å². The van der Waals surface area contributed by atoms with Crippen molar-refractivity contribution in [3.63, 3.8) is 0 Å². The highest BCUT2D eigenvalue weighted by molar-refractivity contribution is 5.83. The summed E-state index contributed by atoms with van der Waals surface area (Å²) in [7, 11) is 0. The highest BCUT2D eigenvalue weighted by Crippen LogP contribution is 2.35. The largest absolute Gasteiger partial charge is 0.480 e. The van der Waals surface area contributed by atoms with Gasteiger partial charge in [0.1, 0.15) is 5.54 Å². The fraction of sp³-hybridized carbons (Fsp3) is 0.615. The fourth-order valence-electron chi connectivity index (χ4n) is 2.76. The van der Waals surface area contributed by atoms with E-state index in [1.165, 1.54) is 0 Å². The van der Waals surface area contributed by atoms with Crippen LogP contribution < -0.4 is 10.5 Å². The lowest BCUT2D eigenvalue weighted by atomic mass is 9.99. The summed E-state index contributed by atoms with van der Waals surface area (Å²) < 4.78 is 1.68. The Hall–Kier alpha value is -1.85. The molecule has 1 aliphatic carbocycles. The van der Waals surface area contributed by atoms with Crippen molar-refractivity contribution in [2.24, 2.45) is 0 Å². The Morgan fingerprint density at radius 3 is 2.89 bits per heavy atom. The maximum atomic E-state index is 12.4. The highest BCUT2D eigenvalue weighted by Gasteiger charge is 2.45. The van der Waals surface area contributed by atoms with Crippen molar-refractivity contribution in [2.45, 2.75) is 44.2 Å². The predicted molar refractivity (Wildman–Crippen MR) is 69.4 cm³/mol. The molecular formula is C13H17N3O3. The lowest BCUT2D eigenvalue weighted by Crippen LogP contribution is -2.50. The number of aromatic nitrogens is 2. The molecule has 1 atom stereocenters. The highest BCUT2D eigenvalue weighted by atomic mass is 16.4. The quantitative estimate of drug-likeness (QED) is 0.881. The number of nitrogens with zero attached hydrogens (tertiary/aromatic N) is 3. The molecule has 3 rings (SSSR count). The molecule has 0 bridgehead atoms. The predicted octanol–water partition coefficient (Wildman–Crippen LogP) is 1.02. The minimum absolute atomic E-state index is 0.167. The van der Waals surface area contributed by atoms with E-state index in [1.54, 1.807) is 28.8 Å². The average molecular weight is 263 g/mol. The van der Waals surface area contributed by atoms with Gasteiger partial charge in [0.2, 0.25) is 0 Å². The van der Waals surface area contributed by atoms with Crippen LogP contribution in [0.15, 0.2) is 17.2 Å². The summed E-state index contributed by atoms with van der Waals surface area (Å²) in [6, 6.07) is 0.271. The number of carboxylic acids is 1. The minimum atomic E-state index is -1.02. The van der Waals surface area contributed by atoms with Gasteiger partial charge in [-0.25, -0.2) is 9.78 Å². The molecular weight excluding hydrogens is 246 g/mol. The van der Waals surface area contributed by atoms with Crippen LogP contribution in [0.5, 0.6) is 0 Å². The van der Waals surface area contributed by atoms with Crippen molar-refractivity contribution in [2.75, 3.05) is 11.4 Å². The van der Waals surface area contributed by atoms with Crippen LogP contribution in [0.1, 0.15) is 38.6 Å². The molecule has 2 fully saturated rings. The van der Waals surface area contributed by atoms with Crippen molar-refractivity contribution >= 4 is 11.8 Å². The maximum Gasteiger partial charge on any atom is 0.329 e. The molecule has 6 heteroatoms. The number of carboxylic acid groups (broad SMARTS) is 1. The van der Waals surface area contributed by atoms with Crippen molar-refractivity contribution in [3.05, 3.63) is 22.7 Å². The lowest BCUT2D eigenvalue weighted by molar-refractivity contribution is -0.142. The summed E-state index contributed by atoms with van der Waals surface area (Å²) >= 11 is 0. The molecule has 19 heavy (non-hydrogen) atoms. The summed E-state index contributed by atoms with van der Waals surface area (Å²) in [5.41, 5.74) is -1.19. The molecule has 1 aromatic rings. The number of rotatable bonds is 3. The molecule has 2 heterocycles. The van der Waals surface area contributed by atoms with Crippen LogP contribution in [-0.2, 0) is 4.79 Å². The van der Waals surface area contributed by atoms with Gasteiger partial charge in [0.05, 0.1) is 0 Å². The van der Waals surface area contributed by atoms with Gasteiger partial charge in [0, 0.05) is 25.0 Å². The Labute approximate surface area is 110 Å². The minimum Gasteiger partial charge on any atom is -0.480 e. The van der Waals surface area contributed by atoms with Crippen LogP contribution >= 0.6 is 0 Å². The SMILES string of the molecule is CC1(C(=O)O)CCCN1c1nccn(C2CC2)c1=O. The number of aliphatic carboxylic acids is 1. The van der Waals surface area contributed by atoms with E-state index in [1.807, 2.05) is 0 Å². The summed E-state index contributed by atoms with van der Waals surface area (Å²) in [6.45, 7) is 2.23. The molecule has 1 saturated heterocycles. The molecule has 0 radical (unpaired) electrons. The Balaban J connectivity index is 2.04. The van der Waals surface area contributed by atoms with Crippen LogP contribution in [0.3, 0.4) is 0 Å². The molecule has 1 saturated carbocycles. The van der Waals surface area contributed by atoms with Crippen molar-refractivity contribution < 1.29 is 9.90 Å². The van der Waals surface area contributed by atoms with Crippen molar-refractivity contribution in [3.8, 4) is 0 Å². The van der Waals surface area contributed by atoms with E-state index < -0.39 is 11.5 Å². The average Bonchev–Trinajstić information content (AvgIpc) is 3.13. The van der Waals surface area contributed by atoms with Crippen molar-refractivity contribution in [1.29, 1.82) is 0 Å². The van der Waals surface area contributed by atoms with Gasteiger partial charge >= 0.3 is 5.97 Å². The van der Waals surface area contributed by atoms with E-state index in [0.29, 0.717) is 13.0 Å². The topological polar surface area (TPSA) is 75.4 Å². The first-order valence-electron chi connectivity index (χ1n) is 6.62. The number of carbonyl (C=O) groups is 1. The molecule has 0 spiro atoms. The van der Waals surface area contributed by atoms with Crippen LogP contribution in [0, 0.1) is 0 Å². The standard InChI is InChI=1S/C13H17N3O3/c1-13(12(18)19)5-2-7-16(13)10-11(17)15(8-6-14-10)9-3-4-9/h6,8-9H,2-5,7H2,1H3,(H,18,19). The van der Waals surface area contributed by atoms with Gasteiger partial charge in [-0.05, 0) is 32.6 Å². The Morgan fingerprint density at radius 1 is 1.53 bits per heavy atom. The molecule has 0 amide bonds. The smallest absolute Gasteiger partial charge is 0.329 e. The van der Waals surface area contributed by atoms with E-state index in [0.717, 1.165) is 19.3 Å². The second-order valence-corrected chi connectivity index (χ2v) is 5.53. The third-order valence-corrected chi connectivity index (χ3v) is 4.15. The van der Waals surface area contributed by atoms with Gasteiger partial charge in [0.25, 0.3) is 5.56 Å². The zero-order valence-corrected chi connectivity index (χ0v) is 10.9. The normalized spacial score (nSPS) is 26.7. The molecule has 1 unspecified atom stereocenters. The van der Waals surface area contributed by atoms with Crippen LogP contribution in [0.4, 0.5) is 5.82 Å². The zero-order valence-electron chi connectivity index (χ0n) is 10.9. The summed E-state index contributed by atoms with van der Waals surface area (Å²) in [6.07, 6.45) is 6.62. The Kier molecular flexibility index (Phi) is 2.62. The molecule has 102 valence electrons. The second-order valence-electron chi connectivity index (χ2n) is 5.53. The van der Waals surface area contributed by atoms with Gasteiger partial charge in [0.15, 0.2) is 5.82 Å². The van der Waals surface area contributed by atoms with E-state index in [2.05, 4.69) is 4.98 Å². The monoisotopic (exact) mass is 263 g/mol. The molecule has 2 aliphatic rings. The third-order valence-electron chi connectivity index (χ3n) is 4.15. The number of hydrogen-bond acceptors (Lipinski definition) is 4. The number of hydrogen-bond donors (Lipinski definition) is 1. The van der Waals surface area contributed by atoms with Crippen molar-refractivity contribution in [1.82, 2.24) is 9.55 Å². The summed E-state index contributed by atoms with van der Waals surface area (Å²) in [4.78, 5) is 29.7. The van der Waals surface area contributed by atoms with Gasteiger partial charge in [-0.2, -0.15) is 0 Å². The molecule has 0 aromatic carbocycles. The zero-order chi connectivity index (χ0) is 13.6. The Morgan fingerprint density at radius 2 is 2.26 bits per heavy atom. The van der Waals surface area contributed by atoms with E-state index >= 15 is 0 Å². The second kappa shape index (κ2) is 4.08. The van der Waals surface area contributed by atoms with E-state index in [-0.39, 0.29) is 17.4 Å². The van der Waals surface area contributed by atoms with Gasteiger partial charge in [-0.1, -0.05) is 0 Å². The van der Waals surface area contributed by atoms with E-state index in [4.69, 9.17) is 0 Å². The molecule has 1 aromatic heterocycles. The summed E-state index contributed by atoms with van der Waals surface area (Å²) in [5.74, 6) is -0.621.